The fourth-order valence-corrected chi connectivity index (χ4v) is 6.33. The SMILES string of the molecule is CCn1cc(C(=O)N[C@H](C)c2ccccc2)c(=O)c2cc(S(=O)(=O)N3CCc4ccccc4C3)ccc21. The minimum atomic E-state index is -3.84. The highest BCUT2D eigenvalue weighted by Gasteiger charge is 2.29. The zero-order valence-corrected chi connectivity index (χ0v) is 21.7. The quantitative estimate of drug-likeness (QED) is 0.416. The maximum absolute atomic E-state index is 13.6. The topological polar surface area (TPSA) is 88.5 Å². The van der Waals surface area contributed by atoms with Crippen molar-refractivity contribution in [3.63, 3.8) is 0 Å². The Labute approximate surface area is 216 Å². The van der Waals surface area contributed by atoms with E-state index < -0.39 is 21.4 Å². The second-order valence-electron chi connectivity index (χ2n) is 9.30. The van der Waals surface area contributed by atoms with Crippen molar-refractivity contribution in [2.24, 2.45) is 0 Å². The van der Waals surface area contributed by atoms with Crippen molar-refractivity contribution in [3.05, 3.63) is 111 Å². The summed E-state index contributed by atoms with van der Waals surface area (Å²) in [5, 5.41) is 3.11. The Morgan fingerprint density at radius 3 is 2.43 bits per heavy atom. The molecule has 1 amide bonds. The van der Waals surface area contributed by atoms with Gasteiger partial charge in [-0.1, -0.05) is 54.6 Å². The Hall–Kier alpha value is -3.75. The van der Waals surface area contributed by atoms with Gasteiger partial charge in [-0.3, -0.25) is 9.59 Å². The third-order valence-electron chi connectivity index (χ3n) is 7.02. The second-order valence-corrected chi connectivity index (χ2v) is 11.2. The van der Waals surface area contributed by atoms with E-state index in [4.69, 9.17) is 0 Å². The van der Waals surface area contributed by atoms with Gasteiger partial charge in [-0.25, -0.2) is 8.42 Å². The molecule has 5 rings (SSSR count). The number of nitrogens with one attached hydrogen (secondary N) is 1. The Morgan fingerprint density at radius 1 is 1.00 bits per heavy atom. The summed E-state index contributed by atoms with van der Waals surface area (Å²) in [6, 6.07) is 21.6. The first-order valence-corrected chi connectivity index (χ1v) is 13.8. The number of nitrogens with zero attached hydrogens (tertiary/aromatic N) is 2. The van der Waals surface area contributed by atoms with Gasteiger partial charge in [-0.05, 0) is 55.2 Å². The summed E-state index contributed by atoms with van der Waals surface area (Å²) in [6.07, 6.45) is 2.18. The van der Waals surface area contributed by atoms with Gasteiger partial charge in [0.1, 0.15) is 5.56 Å². The van der Waals surface area contributed by atoms with Crippen LogP contribution < -0.4 is 10.7 Å². The lowest BCUT2D eigenvalue weighted by Crippen LogP contribution is -2.36. The van der Waals surface area contributed by atoms with Crippen LogP contribution >= 0.6 is 0 Å². The van der Waals surface area contributed by atoms with Gasteiger partial charge in [0, 0.05) is 31.2 Å². The van der Waals surface area contributed by atoms with Crippen molar-refractivity contribution < 1.29 is 13.2 Å². The average molecular weight is 516 g/mol. The van der Waals surface area contributed by atoms with E-state index in [1.807, 2.05) is 68.4 Å². The first kappa shape index (κ1) is 24.9. The number of rotatable bonds is 6. The summed E-state index contributed by atoms with van der Waals surface area (Å²) in [4.78, 5) is 26.7. The van der Waals surface area contributed by atoms with Crippen LogP contribution in [0.5, 0.6) is 0 Å². The number of benzene rings is 3. The molecule has 8 heteroatoms. The summed E-state index contributed by atoms with van der Waals surface area (Å²) in [7, 11) is -3.84. The monoisotopic (exact) mass is 515 g/mol. The van der Waals surface area contributed by atoms with Crippen molar-refractivity contribution in [2.75, 3.05) is 6.54 Å². The molecule has 1 N–H and O–H groups in total. The van der Waals surface area contributed by atoms with Crippen LogP contribution in [0.25, 0.3) is 10.9 Å². The molecule has 0 aliphatic carbocycles. The number of sulfonamides is 1. The van der Waals surface area contributed by atoms with Crippen LogP contribution in [0.2, 0.25) is 0 Å². The van der Waals surface area contributed by atoms with Crippen molar-refractivity contribution in [3.8, 4) is 0 Å². The van der Waals surface area contributed by atoms with Crippen molar-refractivity contribution in [2.45, 2.75) is 44.3 Å². The number of pyridine rings is 1. The van der Waals surface area contributed by atoms with E-state index in [0.29, 0.717) is 25.0 Å². The molecule has 1 aromatic heterocycles. The predicted molar refractivity (Wildman–Crippen MR) is 144 cm³/mol. The van der Waals surface area contributed by atoms with Gasteiger partial charge >= 0.3 is 0 Å². The van der Waals surface area contributed by atoms with Crippen molar-refractivity contribution in [1.82, 2.24) is 14.2 Å². The molecular formula is C29H29N3O4S. The number of amides is 1. The average Bonchev–Trinajstić information content (AvgIpc) is 2.93. The summed E-state index contributed by atoms with van der Waals surface area (Å²) in [5.74, 6) is -0.494. The summed E-state index contributed by atoms with van der Waals surface area (Å²) in [6.45, 7) is 4.94. The molecule has 1 aliphatic heterocycles. The highest BCUT2D eigenvalue weighted by Crippen LogP contribution is 2.26. The maximum Gasteiger partial charge on any atom is 0.257 e. The molecular weight excluding hydrogens is 486 g/mol. The molecule has 0 saturated carbocycles. The largest absolute Gasteiger partial charge is 0.347 e. The molecule has 190 valence electrons. The second kappa shape index (κ2) is 9.95. The molecule has 3 aromatic carbocycles. The van der Waals surface area contributed by atoms with Crippen LogP contribution in [0.15, 0.2) is 88.7 Å². The molecule has 7 nitrogen and oxygen atoms in total. The molecule has 1 aliphatic rings. The fraction of sp³-hybridized carbons (Fsp3) is 0.241. The number of aryl methyl sites for hydroxylation is 1. The van der Waals surface area contributed by atoms with Gasteiger partial charge < -0.3 is 9.88 Å². The predicted octanol–water partition coefficient (Wildman–Crippen LogP) is 4.26. The van der Waals surface area contributed by atoms with E-state index in [0.717, 1.165) is 16.7 Å². The lowest BCUT2D eigenvalue weighted by Gasteiger charge is -2.28. The smallest absolute Gasteiger partial charge is 0.257 e. The Morgan fingerprint density at radius 2 is 1.70 bits per heavy atom. The van der Waals surface area contributed by atoms with E-state index in [-0.39, 0.29) is 28.4 Å². The van der Waals surface area contributed by atoms with Gasteiger partial charge in [0.2, 0.25) is 15.5 Å². The van der Waals surface area contributed by atoms with Crippen molar-refractivity contribution >= 4 is 26.8 Å². The van der Waals surface area contributed by atoms with Crippen LogP contribution in [0.4, 0.5) is 0 Å². The van der Waals surface area contributed by atoms with Crippen molar-refractivity contribution in [1.29, 1.82) is 0 Å². The number of hydrogen-bond acceptors (Lipinski definition) is 4. The van der Waals surface area contributed by atoms with E-state index in [2.05, 4.69) is 5.32 Å². The third kappa shape index (κ3) is 4.70. The number of carbonyl (C=O) groups excluding carboxylic acids is 1. The molecule has 0 saturated heterocycles. The molecule has 0 spiro atoms. The van der Waals surface area contributed by atoms with Gasteiger partial charge in [-0.15, -0.1) is 0 Å². The molecule has 37 heavy (non-hydrogen) atoms. The van der Waals surface area contributed by atoms with Crippen LogP contribution in [-0.4, -0.2) is 29.7 Å². The Balaban J connectivity index is 1.52. The lowest BCUT2D eigenvalue weighted by molar-refractivity contribution is 0.0938. The summed E-state index contributed by atoms with van der Waals surface area (Å²) < 4.78 is 30.4. The first-order valence-electron chi connectivity index (χ1n) is 12.4. The maximum atomic E-state index is 13.6. The standard InChI is InChI=1S/C29H29N3O4S/c1-3-31-19-26(29(34)30-20(2)21-9-5-4-6-10-21)28(33)25-17-24(13-14-27(25)31)37(35,36)32-16-15-22-11-7-8-12-23(22)18-32/h4-14,17,19-20H,3,15-16,18H2,1-2H3,(H,30,34)/t20-/m1/s1. The molecule has 1 atom stereocenters. The molecule has 2 heterocycles. The van der Waals surface area contributed by atoms with E-state index in [1.54, 1.807) is 22.9 Å². The highest BCUT2D eigenvalue weighted by molar-refractivity contribution is 7.89. The number of hydrogen-bond donors (Lipinski definition) is 1. The number of aromatic nitrogens is 1. The number of carbonyl (C=O) groups is 1. The number of fused-ring (bicyclic) bond motifs is 2. The van der Waals surface area contributed by atoms with Gasteiger partial charge in [-0.2, -0.15) is 4.31 Å². The van der Waals surface area contributed by atoms with E-state index >= 15 is 0 Å². The van der Waals surface area contributed by atoms with Crippen LogP contribution in [0, 0.1) is 0 Å². The third-order valence-corrected chi connectivity index (χ3v) is 8.86. The fourth-order valence-electron chi connectivity index (χ4n) is 4.88. The van der Waals surface area contributed by atoms with E-state index in [1.165, 1.54) is 10.4 Å². The first-order chi connectivity index (χ1) is 17.8. The molecule has 0 radical (unpaired) electrons. The minimum absolute atomic E-state index is 0.0152. The minimum Gasteiger partial charge on any atom is -0.347 e. The molecule has 0 bridgehead atoms. The Bertz CT molecular complexity index is 1650. The molecule has 4 aromatic rings. The highest BCUT2D eigenvalue weighted by atomic mass is 32.2. The van der Waals surface area contributed by atoms with Gasteiger partial charge in [0.15, 0.2) is 0 Å². The normalized spacial score (nSPS) is 14.8. The molecule has 0 fully saturated rings. The van der Waals surface area contributed by atoms with Crippen LogP contribution in [0.1, 0.15) is 46.9 Å². The molecule has 0 unspecified atom stereocenters. The summed E-state index contributed by atoms with van der Waals surface area (Å²) in [5.41, 5.74) is 3.14. The zero-order valence-electron chi connectivity index (χ0n) is 20.8. The van der Waals surface area contributed by atoms with Crippen LogP contribution in [0.3, 0.4) is 0 Å². The lowest BCUT2D eigenvalue weighted by atomic mass is 10.0. The Kier molecular flexibility index (Phi) is 6.70. The van der Waals surface area contributed by atoms with E-state index in [9.17, 15) is 18.0 Å². The van der Waals surface area contributed by atoms with Gasteiger partial charge in [0.25, 0.3) is 5.91 Å². The van der Waals surface area contributed by atoms with Crippen LogP contribution in [-0.2, 0) is 29.5 Å². The van der Waals surface area contributed by atoms with Gasteiger partial charge in [0.05, 0.1) is 16.5 Å². The summed E-state index contributed by atoms with van der Waals surface area (Å²) >= 11 is 0. The zero-order chi connectivity index (χ0) is 26.2.